The molecule has 0 saturated carbocycles. The van der Waals surface area contributed by atoms with Crippen molar-refractivity contribution in [2.45, 2.75) is 25.7 Å². The average molecular weight is 281 g/mol. The van der Waals surface area contributed by atoms with Crippen LogP contribution >= 0.6 is 0 Å². The molecule has 2 aromatic rings. The molecule has 0 N–H and O–H groups in total. The van der Waals surface area contributed by atoms with Gasteiger partial charge >= 0.3 is 0 Å². The minimum atomic E-state index is -1.68. The van der Waals surface area contributed by atoms with Gasteiger partial charge < -0.3 is 4.43 Å². The molecule has 20 heavy (non-hydrogen) atoms. The van der Waals surface area contributed by atoms with E-state index < -0.39 is 8.32 Å². The molecule has 0 saturated heterocycles. The van der Waals surface area contributed by atoms with Crippen LogP contribution < -0.4 is 0 Å². The zero-order valence-electron chi connectivity index (χ0n) is 12.1. The van der Waals surface area contributed by atoms with Crippen molar-refractivity contribution in [3.63, 3.8) is 0 Å². The number of hydrogen-bond acceptors (Lipinski definition) is 2. The van der Waals surface area contributed by atoms with E-state index in [1.54, 1.807) is 6.20 Å². The lowest BCUT2D eigenvalue weighted by Crippen LogP contribution is -2.27. The van der Waals surface area contributed by atoms with Crippen molar-refractivity contribution >= 4 is 8.32 Å². The first-order valence-electron chi connectivity index (χ1n) is 6.70. The van der Waals surface area contributed by atoms with Gasteiger partial charge in [0.2, 0.25) is 0 Å². The predicted molar refractivity (Wildman–Crippen MR) is 84.7 cm³/mol. The van der Waals surface area contributed by atoms with E-state index in [1.807, 2.05) is 48.5 Å². The molecule has 0 aliphatic rings. The van der Waals surface area contributed by atoms with Gasteiger partial charge in [-0.05, 0) is 43.9 Å². The van der Waals surface area contributed by atoms with Crippen LogP contribution in [-0.4, -0.2) is 13.3 Å². The molecule has 2 rings (SSSR count). The van der Waals surface area contributed by atoms with E-state index in [4.69, 9.17) is 4.43 Å². The van der Waals surface area contributed by atoms with Crippen LogP contribution in [0.4, 0.5) is 0 Å². The van der Waals surface area contributed by atoms with Gasteiger partial charge in [-0.3, -0.25) is 4.98 Å². The number of pyridine rings is 1. The Kier molecular flexibility index (Phi) is 4.73. The first kappa shape index (κ1) is 14.5. The maximum absolute atomic E-state index is 6.15. The highest BCUT2D eigenvalue weighted by Crippen LogP contribution is 2.19. The molecule has 0 spiro atoms. The molecule has 0 fully saturated rings. The minimum absolute atomic E-state index is 0.261. The Morgan fingerprint density at radius 1 is 1.00 bits per heavy atom. The van der Waals surface area contributed by atoms with Crippen molar-refractivity contribution < 1.29 is 4.43 Å². The number of nitrogens with zero attached hydrogens (tertiary/aromatic N) is 1. The van der Waals surface area contributed by atoms with Crippen LogP contribution in [0.5, 0.6) is 0 Å². The zero-order chi connectivity index (χ0) is 14.4. The highest BCUT2D eigenvalue weighted by Gasteiger charge is 2.21. The molecule has 1 heterocycles. The Balaban J connectivity index is 2.26. The molecule has 0 bridgehead atoms. The van der Waals surface area contributed by atoms with Gasteiger partial charge in [-0.25, -0.2) is 0 Å². The molecular weight excluding hydrogens is 262 g/mol. The van der Waals surface area contributed by atoms with Gasteiger partial charge in [0, 0.05) is 11.8 Å². The second kappa shape index (κ2) is 6.51. The molecule has 0 aliphatic heterocycles. The van der Waals surface area contributed by atoms with E-state index in [2.05, 4.69) is 36.5 Å². The third kappa shape index (κ3) is 4.65. The van der Waals surface area contributed by atoms with E-state index in [9.17, 15) is 0 Å². The van der Waals surface area contributed by atoms with E-state index in [0.29, 0.717) is 0 Å². The Morgan fingerprint density at radius 3 is 2.30 bits per heavy atom. The molecular formula is C17H19NOSi. The van der Waals surface area contributed by atoms with Crippen molar-refractivity contribution in [1.29, 1.82) is 0 Å². The summed E-state index contributed by atoms with van der Waals surface area (Å²) in [6, 6.07) is 15.8. The van der Waals surface area contributed by atoms with E-state index >= 15 is 0 Å². The van der Waals surface area contributed by atoms with E-state index in [1.165, 1.54) is 0 Å². The van der Waals surface area contributed by atoms with Crippen LogP contribution in [-0.2, 0) is 4.43 Å². The van der Waals surface area contributed by atoms with Crippen molar-refractivity contribution in [3.8, 4) is 11.8 Å². The van der Waals surface area contributed by atoms with Crippen LogP contribution in [0.15, 0.2) is 54.7 Å². The summed E-state index contributed by atoms with van der Waals surface area (Å²) in [5, 5.41) is 0. The van der Waals surface area contributed by atoms with Crippen LogP contribution in [0.3, 0.4) is 0 Å². The van der Waals surface area contributed by atoms with Gasteiger partial charge in [0.1, 0.15) is 6.10 Å². The Hall–Kier alpha value is -1.89. The first-order valence-corrected chi connectivity index (χ1v) is 10.1. The lowest BCUT2D eigenvalue weighted by atomic mass is 10.2. The minimum Gasteiger partial charge on any atom is -0.399 e. The molecule has 102 valence electrons. The van der Waals surface area contributed by atoms with Gasteiger partial charge in [0.25, 0.3) is 0 Å². The molecule has 0 amide bonds. The van der Waals surface area contributed by atoms with Crippen molar-refractivity contribution in [1.82, 2.24) is 4.98 Å². The summed E-state index contributed by atoms with van der Waals surface area (Å²) >= 11 is 0. The molecule has 2 nitrogen and oxygen atoms in total. The summed E-state index contributed by atoms with van der Waals surface area (Å²) < 4.78 is 6.15. The normalized spacial score (nSPS) is 12.3. The predicted octanol–water partition coefficient (Wildman–Crippen LogP) is 4.03. The SMILES string of the molecule is C[Si](C)(C)OC(C#Cc1ccccc1)c1ccccn1. The van der Waals surface area contributed by atoms with Crippen molar-refractivity contribution in [3.05, 3.63) is 66.0 Å². The van der Waals surface area contributed by atoms with Gasteiger partial charge in [-0.1, -0.05) is 36.1 Å². The molecule has 0 aliphatic carbocycles. The van der Waals surface area contributed by atoms with E-state index in [0.717, 1.165) is 11.3 Å². The fraction of sp³-hybridized carbons (Fsp3) is 0.235. The number of benzene rings is 1. The summed E-state index contributed by atoms with van der Waals surface area (Å²) in [6.07, 6.45) is 1.52. The topological polar surface area (TPSA) is 22.1 Å². The summed E-state index contributed by atoms with van der Waals surface area (Å²) in [5.41, 5.74) is 1.87. The van der Waals surface area contributed by atoms with Crippen molar-refractivity contribution in [2.75, 3.05) is 0 Å². The summed E-state index contributed by atoms with van der Waals surface area (Å²) in [4.78, 5) is 4.37. The van der Waals surface area contributed by atoms with Crippen LogP contribution in [0.2, 0.25) is 19.6 Å². The van der Waals surface area contributed by atoms with E-state index in [-0.39, 0.29) is 6.10 Å². The van der Waals surface area contributed by atoms with Crippen LogP contribution in [0, 0.1) is 11.8 Å². The summed E-state index contributed by atoms with van der Waals surface area (Å²) in [5.74, 6) is 6.38. The third-order valence-corrected chi connectivity index (χ3v) is 3.49. The second-order valence-corrected chi connectivity index (χ2v) is 9.96. The average Bonchev–Trinajstić information content (AvgIpc) is 2.44. The largest absolute Gasteiger partial charge is 0.399 e. The number of aromatic nitrogens is 1. The maximum Gasteiger partial charge on any atom is 0.185 e. The van der Waals surface area contributed by atoms with Gasteiger partial charge in [0.05, 0.1) is 5.69 Å². The van der Waals surface area contributed by atoms with Crippen LogP contribution in [0.25, 0.3) is 0 Å². The first-order chi connectivity index (χ1) is 9.54. The smallest absolute Gasteiger partial charge is 0.185 e. The highest BCUT2D eigenvalue weighted by molar-refractivity contribution is 6.69. The Morgan fingerprint density at radius 2 is 1.70 bits per heavy atom. The molecule has 1 atom stereocenters. The van der Waals surface area contributed by atoms with Crippen molar-refractivity contribution in [2.24, 2.45) is 0 Å². The Labute approximate surface area is 122 Å². The molecule has 0 radical (unpaired) electrons. The van der Waals surface area contributed by atoms with Gasteiger partial charge in [0.15, 0.2) is 8.32 Å². The number of hydrogen-bond donors (Lipinski definition) is 0. The van der Waals surface area contributed by atoms with Gasteiger partial charge in [-0.15, -0.1) is 0 Å². The highest BCUT2D eigenvalue weighted by atomic mass is 28.4. The number of rotatable bonds is 3. The molecule has 3 heteroatoms. The maximum atomic E-state index is 6.15. The fourth-order valence-corrected chi connectivity index (χ4v) is 2.61. The Bertz CT molecular complexity index is 594. The quantitative estimate of drug-likeness (QED) is 0.626. The second-order valence-electron chi connectivity index (χ2n) is 5.50. The summed E-state index contributed by atoms with van der Waals surface area (Å²) in [7, 11) is -1.68. The third-order valence-electron chi connectivity index (χ3n) is 2.55. The molecule has 1 unspecified atom stereocenters. The van der Waals surface area contributed by atoms with Gasteiger partial charge in [-0.2, -0.15) is 0 Å². The standard InChI is InChI=1S/C17H19NOSi/c1-20(2,3)19-17(16-11-7-8-14-18-16)13-12-15-9-5-4-6-10-15/h4-11,14,17H,1-3H3. The zero-order valence-corrected chi connectivity index (χ0v) is 13.1. The monoisotopic (exact) mass is 281 g/mol. The lowest BCUT2D eigenvalue weighted by molar-refractivity contribution is 0.252. The molecule has 1 aromatic heterocycles. The lowest BCUT2D eigenvalue weighted by Gasteiger charge is -2.22. The fourth-order valence-electron chi connectivity index (χ4n) is 1.72. The molecule has 1 aromatic carbocycles. The van der Waals surface area contributed by atoms with Crippen LogP contribution in [0.1, 0.15) is 17.4 Å². The summed E-state index contributed by atoms with van der Waals surface area (Å²) in [6.45, 7) is 6.48.